The summed E-state index contributed by atoms with van der Waals surface area (Å²) in [6.07, 6.45) is 10.1. The third-order valence-corrected chi connectivity index (χ3v) is 7.43. The van der Waals surface area contributed by atoms with E-state index in [2.05, 4.69) is 22.1 Å². The highest BCUT2D eigenvalue weighted by atomic mass is 19.1. The molecule has 1 aliphatic carbocycles. The van der Waals surface area contributed by atoms with Gasteiger partial charge in [0.2, 0.25) is 5.95 Å². The van der Waals surface area contributed by atoms with Gasteiger partial charge in [0.1, 0.15) is 11.3 Å². The first-order valence-corrected chi connectivity index (χ1v) is 12.8. The average molecular weight is 467 g/mol. The highest BCUT2D eigenvalue weighted by Crippen LogP contribution is 2.33. The van der Waals surface area contributed by atoms with Crippen LogP contribution in [0.1, 0.15) is 75.9 Å². The van der Waals surface area contributed by atoms with Crippen LogP contribution in [-0.4, -0.2) is 43.6 Å². The van der Waals surface area contributed by atoms with Crippen molar-refractivity contribution >= 4 is 17.1 Å². The van der Waals surface area contributed by atoms with E-state index in [0.717, 1.165) is 87.7 Å². The molecule has 3 aromatic rings. The standard InChI is InChI=1S/C26H35FN6O/c1-2-3-14-28-25-29-17-23-24(30-25)33(26(34)32(23)20-9-5-6-10-20)21-12-15-31(16-13-21)18-19-8-4-7-11-22(19)27/h4,7-8,11,17,20-21H,2-3,5-6,9-10,12-16,18H2,1H3,(H,28,29,30). The first-order valence-electron chi connectivity index (χ1n) is 12.8. The van der Waals surface area contributed by atoms with Crippen molar-refractivity contribution in [2.75, 3.05) is 25.0 Å². The number of fused-ring (bicyclic) bond motifs is 1. The number of unbranched alkanes of at least 4 members (excludes halogenated alkanes) is 1. The van der Waals surface area contributed by atoms with E-state index < -0.39 is 0 Å². The van der Waals surface area contributed by atoms with Crippen molar-refractivity contribution in [3.63, 3.8) is 0 Å². The molecule has 0 bridgehead atoms. The number of benzene rings is 1. The van der Waals surface area contributed by atoms with Gasteiger partial charge in [-0.3, -0.25) is 14.0 Å². The van der Waals surface area contributed by atoms with E-state index in [1.54, 1.807) is 6.07 Å². The van der Waals surface area contributed by atoms with Crippen LogP contribution in [0.2, 0.25) is 0 Å². The van der Waals surface area contributed by atoms with Gasteiger partial charge in [0, 0.05) is 43.8 Å². The Morgan fingerprint density at radius 1 is 1.06 bits per heavy atom. The Hall–Kier alpha value is -2.74. The Morgan fingerprint density at radius 2 is 1.79 bits per heavy atom. The monoisotopic (exact) mass is 466 g/mol. The first-order chi connectivity index (χ1) is 16.7. The van der Waals surface area contributed by atoms with E-state index in [1.165, 1.54) is 6.07 Å². The van der Waals surface area contributed by atoms with Gasteiger partial charge in [-0.1, -0.05) is 44.4 Å². The Balaban J connectivity index is 1.41. The normalized spacial score (nSPS) is 18.2. The fraction of sp³-hybridized carbons (Fsp3) is 0.577. The summed E-state index contributed by atoms with van der Waals surface area (Å²) in [5.41, 5.74) is 2.38. The number of rotatable bonds is 8. The summed E-state index contributed by atoms with van der Waals surface area (Å²) in [6, 6.07) is 7.31. The predicted molar refractivity (Wildman–Crippen MR) is 133 cm³/mol. The lowest BCUT2D eigenvalue weighted by Crippen LogP contribution is -2.38. The molecule has 2 fully saturated rings. The second-order valence-corrected chi connectivity index (χ2v) is 9.74. The number of piperidine rings is 1. The number of hydrogen-bond acceptors (Lipinski definition) is 5. The molecule has 7 nitrogen and oxygen atoms in total. The summed E-state index contributed by atoms with van der Waals surface area (Å²) in [5, 5.41) is 3.32. The highest BCUT2D eigenvalue weighted by molar-refractivity contribution is 5.72. The number of hydrogen-bond donors (Lipinski definition) is 1. The van der Waals surface area contributed by atoms with Crippen molar-refractivity contribution in [3.8, 4) is 0 Å². The molecule has 1 N–H and O–H groups in total. The third-order valence-electron chi connectivity index (χ3n) is 7.43. The minimum atomic E-state index is -0.153. The van der Waals surface area contributed by atoms with E-state index in [9.17, 15) is 9.18 Å². The molecule has 2 aliphatic rings. The summed E-state index contributed by atoms with van der Waals surface area (Å²) in [7, 11) is 0. The van der Waals surface area contributed by atoms with Crippen LogP contribution in [0, 0.1) is 5.82 Å². The number of anilines is 1. The number of likely N-dealkylation sites (tertiary alicyclic amines) is 1. The van der Waals surface area contributed by atoms with Crippen LogP contribution >= 0.6 is 0 Å². The SMILES string of the molecule is CCCCNc1ncc2c(n1)n(C1CCN(Cc3ccccc3F)CC1)c(=O)n2C1CCCC1. The lowest BCUT2D eigenvalue weighted by Gasteiger charge is -2.32. The Bertz CT molecular complexity index is 1170. The van der Waals surface area contributed by atoms with E-state index >= 15 is 0 Å². The minimum Gasteiger partial charge on any atom is -0.354 e. The molecule has 1 aliphatic heterocycles. The van der Waals surface area contributed by atoms with Crippen molar-refractivity contribution in [1.82, 2.24) is 24.0 Å². The molecule has 0 unspecified atom stereocenters. The van der Waals surface area contributed by atoms with Gasteiger partial charge in [-0.25, -0.2) is 14.2 Å². The lowest BCUT2D eigenvalue weighted by atomic mass is 10.0. The van der Waals surface area contributed by atoms with Crippen LogP contribution in [0.25, 0.3) is 11.2 Å². The van der Waals surface area contributed by atoms with Crippen molar-refractivity contribution < 1.29 is 4.39 Å². The quantitative estimate of drug-likeness (QED) is 0.479. The molecule has 0 atom stereocenters. The fourth-order valence-corrected chi connectivity index (χ4v) is 5.53. The van der Waals surface area contributed by atoms with Crippen LogP contribution < -0.4 is 11.0 Å². The fourth-order valence-electron chi connectivity index (χ4n) is 5.53. The van der Waals surface area contributed by atoms with Crippen molar-refractivity contribution in [1.29, 1.82) is 0 Å². The number of nitrogens with zero attached hydrogens (tertiary/aromatic N) is 5. The molecule has 34 heavy (non-hydrogen) atoms. The predicted octanol–water partition coefficient (Wildman–Crippen LogP) is 4.90. The molecule has 1 saturated heterocycles. The molecular weight excluding hydrogens is 431 g/mol. The zero-order valence-corrected chi connectivity index (χ0v) is 20.0. The molecular formula is C26H35FN6O. The topological polar surface area (TPSA) is 68.0 Å². The van der Waals surface area contributed by atoms with Gasteiger partial charge in [-0.05, 0) is 38.2 Å². The van der Waals surface area contributed by atoms with Crippen molar-refractivity contribution in [3.05, 3.63) is 52.3 Å². The zero-order chi connectivity index (χ0) is 23.5. The van der Waals surface area contributed by atoms with E-state index in [0.29, 0.717) is 12.5 Å². The molecule has 1 aromatic carbocycles. The molecule has 2 aromatic heterocycles. The van der Waals surface area contributed by atoms with E-state index in [4.69, 9.17) is 4.98 Å². The Morgan fingerprint density at radius 3 is 2.53 bits per heavy atom. The molecule has 3 heterocycles. The lowest BCUT2D eigenvalue weighted by molar-refractivity contribution is 0.177. The van der Waals surface area contributed by atoms with Gasteiger partial charge >= 0.3 is 5.69 Å². The average Bonchev–Trinajstić information content (AvgIpc) is 3.47. The number of imidazole rings is 1. The third kappa shape index (κ3) is 4.60. The highest BCUT2D eigenvalue weighted by Gasteiger charge is 2.30. The Labute approximate surface area is 200 Å². The molecule has 0 radical (unpaired) electrons. The molecule has 8 heteroatoms. The van der Waals surface area contributed by atoms with E-state index in [1.807, 2.05) is 27.5 Å². The van der Waals surface area contributed by atoms with Crippen LogP contribution in [0.4, 0.5) is 10.3 Å². The zero-order valence-electron chi connectivity index (χ0n) is 20.0. The molecule has 1 saturated carbocycles. The van der Waals surface area contributed by atoms with Gasteiger partial charge in [0.15, 0.2) is 5.65 Å². The molecule has 182 valence electrons. The smallest absolute Gasteiger partial charge is 0.330 e. The maximum absolute atomic E-state index is 14.1. The molecule has 5 rings (SSSR count). The van der Waals surface area contributed by atoms with E-state index in [-0.39, 0.29) is 23.6 Å². The van der Waals surface area contributed by atoms with Gasteiger partial charge in [-0.15, -0.1) is 0 Å². The first kappa shape index (κ1) is 23.0. The van der Waals surface area contributed by atoms with Crippen molar-refractivity contribution in [2.24, 2.45) is 0 Å². The van der Waals surface area contributed by atoms with Crippen LogP contribution in [0.5, 0.6) is 0 Å². The minimum absolute atomic E-state index is 0.0504. The summed E-state index contributed by atoms with van der Waals surface area (Å²) in [6.45, 7) is 5.24. The molecule has 0 amide bonds. The van der Waals surface area contributed by atoms with Crippen LogP contribution in [0.15, 0.2) is 35.3 Å². The summed E-state index contributed by atoms with van der Waals surface area (Å²) < 4.78 is 18.0. The molecule has 0 spiro atoms. The van der Waals surface area contributed by atoms with Crippen LogP contribution in [0.3, 0.4) is 0 Å². The summed E-state index contributed by atoms with van der Waals surface area (Å²) in [5.74, 6) is 0.440. The van der Waals surface area contributed by atoms with Gasteiger partial charge < -0.3 is 5.32 Å². The van der Waals surface area contributed by atoms with Crippen molar-refractivity contribution in [2.45, 2.75) is 76.9 Å². The van der Waals surface area contributed by atoms with Crippen LogP contribution in [-0.2, 0) is 6.54 Å². The van der Waals surface area contributed by atoms with Gasteiger partial charge in [0.25, 0.3) is 0 Å². The largest absolute Gasteiger partial charge is 0.354 e. The second kappa shape index (κ2) is 10.3. The maximum atomic E-state index is 14.1. The number of halogens is 1. The van der Waals surface area contributed by atoms with Gasteiger partial charge in [0.05, 0.1) is 6.20 Å². The Kier molecular flexibility index (Phi) is 6.94. The summed E-state index contributed by atoms with van der Waals surface area (Å²) in [4.78, 5) is 25.4. The van der Waals surface area contributed by atoms with Gasteiger partial charge in [-0.2, -0.15) is 4.98 Å². The maximum Gasteiger partial charge on any atom is 0.330 e. The summed E-state index contributed by atoms with van der Waals surface area (Å²) >= 11 is 0. The number of nitrogens with one attached hydrogen (secondary N) is 1. The number of aromatic nitrogens is 4. The second-order valence-electron chi connectivity index (χ2n) is 9.74.